The SMILES string of the molecule is CC(N)C(C=O)OC(N)=O. The molecule has 0 aliphatic heterocycles. The second kappa shape index (κ2) is 3.84. The number of rotatable bonds is 3. The van der Waals surface area contributed by atoms with E-state index >= 15 is 0 Å². The van der Waals surface area contributed by atoms with Gasteiger partial charge >= 0.3 is 6.09 Å². The molecule has 0 radical (unpaired) electrons. The van der Waals surface area contributed by atoms with Crippen molar-refractivity contribution in [3.8, 4) is 0 Å². The highest BCUT2D eigenvalue weighted by Gasteiger charge is 2.15. The summed E-state index contributed by atoms with van der Waals surface area (Å²) in [6.07, 6.45) is -1.48. The smallest absolute Gasteiger partial charge is 0.405 e. The molecule has 0 aromatic rings. The maximum Gasteiger partial charge on any atom is 0.405 e. The highest BCUT2D eigenvalue weighted by atomic mass is 16.6. The van der Waals surface area contributed by atoms with Crippen molar-refractivity contribution in [1.82, 2.24) is 0 Å². The van der Waals surface area contributed by atoms with Crippen molar-refractivity contribution in [2.45, 2.75) is 19.1 Å². The average Bonchev–Trinajstić information content (AvgIpc) is 1.81. The van der Waals surface area contributed by atoms with Gasteiger partial charge in [0.1, 0.15) is 0 Å². The van der Waals surface area contributed by atoms with E-state index in [1.165, 1.54) is 0 Å². The summed E-state index contributed by atoms with van der Waals surface area (Å²) in [5.74, 6) is 0. The van der Waals surface area contributed by atoms with Crippen LogP contribution in [0.25, 0.3) is 0 Å². The lowest BCUT2D eigenvalue weighted by Gasteiger charge is -2.12. The van der Waals surface area contributed by atoms with Crippen LogP contribution >= 0.6 is 0 Å². The molecule has 0 rings (SSSR count). The predicted octanol–water partition coefficient (Wildman–Crippen LogP) is -1.00. The summed E-state index contributed by atoms with van der Waals surface area (Å²) < 4.78 is 4.31. The molecular formula is C5H10N2O3. The summed E-state index contributed by atoms with van der Waals surface area (Å²) in [6, 6.07) is -0.523. The van der Waals surface area contributed by atoms with E-state index in [4.69, 9.17) is 5.73 Å². The van der Waals surface area contributed by atoms with Crippen molar-refractivity contribution in [2.24, 2.45) is 11.5 Å². The maximum atomic E-state index is 10.1. The molecule has 0 aromatic heterocycles. The molecule has 5 heteroatoms. The first-order chi connectivity index (χ1) is 4.57. The van der Waals surface area contributed by atoms with Crippen LogP contribution in [0.5, 0.6) is 0 Å². The number of ether oxygens (including phenoxy) is 1. The van der Waals surface area contributed by atoms with Gasteiger partial charge in [-0.25, -0.2) is 4.79 Å². The van der Waals surface area contributed by atoms with Crippen molar-refractivity contribution in [3.63, 3.8) is 0 Å². The second-order valence-corrected chi connectivity index (χ2v) is 1.90. The number of aldehydes is 1. The molecule has 0 aromatic carbocycles. The fourth-order valence-corrected chi connectivity index (χ4v) is 0.393. The van der Waals surface area contributed by atoms with Gasteiger partial charge in [-0.2, -0.15) is 0 Å². The van der Waals surface area contributed by atoms with E-state index in [-0.39, 0.29) is 0 Å². The molecule has 1 amide bonds. The van der Waals surface area contributed by atoms with E-state index in [1.807, 2.05) is 0 Å². The van der Waals surface area contributed by atoms with Crippen LogP contribution in [0.1, 0.15) is 6.92 Å². The Labute approximate surface area is 58.3 Å². The molecule has 0 saturated carbocycles. The van der Waals surface area contributed by atoms with Crippen LogP contribution in [0.4, 0.5) is 4.79 Å². The Morgan fingerprint density at radius 3 is 2.30 bits per heavy atom. The van der Waals surface area contributed by atoms with Crippen molar-refractivity contribution in [3.05, 3.63) is 0 Å². The predicted molar refractivity (Wildman–Crippen MR) is 34.2 cm³/mol. The molecule has 0 saturated heterocycles. The third-order valence-corrected chi connectivity index (χ3v) is 0.905. The van der Waals surface area contributed by atoms with E-state index in [0.29, 0.717) is 6.29 Å². The van der Waals surface area contributed by atoms with Gasteiger partial charge in [-0.15, -0.1) is 0 Å². The van der Waals surface area contributed by atoms with E-state index in [9.17, 15) is 9.59 Å². The number of carbonyl (C=O) groups is 2. The van der Waals surface area contributed by atoms with Crippen molar-refractivity contribution in [2.75, 3.05) is 0 Å². The summed E-state index contributed by atoms with van der Waals surface area (Å²) in [6.45, 7) is 1.54. The molecule has 0 bridgehead atoms. The lowest BCUT2D eigenvalue weighted by molar-refractivity contribution is -0.115. The van der Waals surface area contributed by atoms with Gasteiger partial charge in [-0.3, -0.25) is 4.79 Å². The summed E-state index contributed by atoms with van der Waals surface area (Å²) in [5.41, 5.74) is 9.86. The van der Waals surface area contributed by atoms with Crippen LogP contribution in [-0.2, 0) is 9.53 Å². The quantitative estimate of drug-likeness (QED) is 0.499. The van der Waals surface area contributed by atoms with Crippen LogP contribution in [0.2, 0.25) is 0 Å². The molecular weight excluding hydrogens is 136 g/mol. The molecule has 4 N–H and O–H groups in total. The summed E-state index contributed by atoms with van der Waals surface area (Å²) in [4.78, 5) is 20.1. The molecule has 0 heterocycles. The summed E-state index contributed by atoms with van der Waals surface area (Å²) in [7, 11) is 0. The van der Waals surface area contributed by atoms with Gasteiger partial charge in [0, 0.05) is 6.04 Å². The molecule has 0 fully saturated rings. The first-order valence-corrected chi connectivity index (χ1v) is 2.75. The summed E-state index contributed by atoms with van der Waals surface area (Å²) in [5, 5.41) is 0. The molecule has 0 aliphatic carbocycles. The first kappa shape index (κ1) is 8.90. The molecule has 2 atom stereocenters. The molecule has 0 aliphatic rings. The Morgan fingerprint density at radius 2 is 2.20 bits per heavy atom. The second-order valence-electron chi connectivity index (χ2n) is 1.90. The van der Waals surface area contributed by atoms with Crippen molar-refractivity contribution >= 4 is 12.4 Å². The zero-order valence-electron chi connectivity index (χ0n) is 5.61. The minimum atomic E-state index is -0.991. The number of carbonyl (C=O) groups excluding carboxylic acids is 2. The third kappa shape index (κ3) is 3.03. The minimum absolute atomic E-state index is 0.440. The number of amides is 1. The fourth-order valence-electron chi connectivity index (χ4n) is 0.393. The monoisotopic (exact) mass is 146 g/mol. The molecule has 2 unspecified atom stereocenters. The number of primary amides is 1. The fraction of sp³-hybridized carbons (Fsp3) is 0.600. The topological polar surface area (TPSA) is 95.4 Å². The van der Waals surface area contributed by atoms with Crippen LogP contribution in [0.15, 0.2) is 0 Å². The van der Waals surface area contributed by atoms with Crippen LogP contribution < -0.4 is 11.5 Å². The van der Waals surface area contributed by atoms with Gasteiger partial charge in [-0.1, -0.05) is 0 Å². The standard InChI is InChI=1S/C5H10N2O3/c1-3(6)4(2-8)10-5(7)9/h2-4H,6H2,1H3,(H2,7,9). The van der Waals surface area contributed by atoms with Crippen LogP contribution in [0, 0.1) is 0 Å². The van der Waals surface area contributed by atoms with Gasteiger partial charge < -0.3 is 16.2 Å². The summed E-state index contributed by atoms with van der Waals surface area (Å²) >= 11 is 0. The zero-order valence-corrected chi connectivity index (χ0v) is 5.61. The van der Waals surface area contributed by atoms with Gasteiger partial charge in [0.25, 0.3) is 0 Å². The highest BCUT2D eigenvalue weighted by Crippen LogP contribution is 1.91. The number of hydrogen-bond acceptors (Lipinski definition) is 4. The minimum Gasteiger partial charge on any atom is -0.437 e. The first-order valence-electron chi connectivity index (χ1n) is 2.75. The molecule has 0 spiro atoms. The molecule has 10 heavy (non-hydrogen) atoms. The van der Waals surface area contributed by atoms with Crippen LogP contribution in [0.3, 0.4) is 0 Å². The van der Waals surface area contributed by atoms with Gasteiger partial charge in [0.2, 0.25) is 0 Å². The van der Waals surface area contributed by atoms with E-state index < -0.39 is 18.2 Å². The van der Waals surface area contributed by atoms with E-state index in [1.54, 1.807) is 6.92 Å². The highest BCUT2D eigenvalue weighted by molar-refractivity contribution is 5.69. The van der Waals surface area contributed by atoms with E-state index in [0.717, 1.165) is 0 Å². The van der Waals surface area contributed by atoms with Gasteiger partial charge in [-0.05, 0) is 6.92 Å². The van der Waals surface area contributed by atoms with Gasteiger partial charge in [0.05, 0.1) is 0 Å². The Kier molecular flexibility index (Phi) is 3.42. The Morgan fingerprint density at radius 1 is 1.70 bits per heavy atom. The molecule has 5 nitrogen and oxygen atoms in total. The van der Waals surface area contributed by atoms with Crippen molar-refractivity contribution in [1.29, 1.82) is 0 Å². The van der Waals surface area contributed by atoms with Crippen LogP contribution in [-0.4, -0.2) is 24.5 Å². The average molecular weight is 146 g/mol. The Balaban J connectivity index is 3.83. The normalized spacial score (nSPS) is 15.4. The maximum absolute atomic E-state index is 10.1. The Bertz CT molecular complexity index is 135. The largest absolute Gasteiger partial charge is 0.437 e. The molecule has 58 valence electrons. The lowest BCUT2D eigenvalue weighted by Crippen LogP contribution is -2.38. The number of hydrogen-bond donors (Lipinski definition) is 2. The zero-order chi connectivity index (χ0) is 8.15. The van der Waals surface area contributed by atoms with Gasteiger partial charge in [0.15, 0.2) is 12.4 Å². The number of nitrogens with two attached hydrogens (primary N) is 2. The lowest BCUT2D eigenvalue weighted by atomic mass is 10.2. The van der Waals surface area contributed by atoms with Crippen molar-refractivity contribution < 1.29 is 14.3 Å². The Hall–Kier alpha value is -1.10. The van der Waals surface area contributed by atoms with E-state index in [2.05, 4.69) is 10.5 Å². The third-order valence-electron chi connectivity index (χ3n) is 0.905.